The Balaban J connectivity index is 1.73. The van der Waals surface area contributed by atoms with E-state index in [4.69, 9.17) is 5.11 Å². The van der Waals surface area contributed by atoms with Gasteiger partial charge in [-0.1, -0.05) is 0 Å². The van der Waals surface area contributed by atoms with Crippen molar-refractivity contribution in [1.29, 1.82) is 0 Å². The van der Waals surface area contributed by atoms with Crippen LogP contribution < -0.4 is 0 Å². The van der Waals surface area contributed by atoms with Crippen molar-refractivity contribution >= 4 is 15.8 Å². The number of carboxylic acids is 1. The van der Waals surface area contributed by atoms with Gasteiger partial charge >= 0.3 is 5.97 Å². The third kappa shape index (κ3) is 3.69. The number of hydrogen-bond acceptors (Lipinski definition) is 4. The maximum atomic E-state index is 11.4. The summed E-state index contributed by atoms with van der Waals surface area (Å²) in [5.41, 5.74) is -0.576. The second kappa shape index (κ2) is 5.40. The molecular formula is C13H23NO4S. The Morgan fingerprint density at radius 2 is 2.00 bits per heavy atom. The van der Waals surface area contributed by atoms with Crippen LogP contribution in [0.2, 0.25) is 0 Å². The molecule has 2 aliphatic rings. The van der Waals surface area contributed by atoms with Gasteiger partial charge in [-0.05, 0) is 58.2 Å². The molecule has 0 amide bonds. The van der Waals surface area contributed by atoms with Crippen molar-refractivity contribution in [2.24, 2.45) is 11.3 Å². The van der Waals surface area contributed by atoms with Crippen molar-refractivity contribution in [2.75, 3.05) is 31.1 Å². The minimum absolute atomic E-state index is 0.304. The van der Waals surface area contributed by atoms with E-state index in [1.807, 2.05) is 6.92 Å². The monoisotopic (exact) mass is 289 g/mol. The Kier molecular flexibility index (Phi) is 4.20. The van der Waals surface area contributed by atoms with E-state index in [-0.39, 0.29) is 0 Å². The van der Waals surface area contributed by atoms with Crippen molar-refractivity contribution in [2.45, 2.75) is 32.6 Å². The largest absolute Gasteiger partial charge is 0.481 e. The number of aliphatic carboxylic acids is 1. The Morgan fingerprint density at radius 3 is 2.47 bits per heavy atom. The molecule has 0 aliphatic carbocycles. The first-order chi connectivity index (χ1) is 8.81. The molecular weight excluding hydrogens is 266 g/mol. The van der Waals surface area contributed by atoms with Crippen LogP contribution in [0.1, 0.15) is 32.6 Å². The highest BCUT2D eigenvalue weighted by molar-refractivity contribution is 7.91. The first-order valence-electron chi connectivity index (χ1n) is 6.97. The van der Waals surface area contributed by atoms with E-state index < -0.39 is 21.2 Å². The number of carbonyl (C=O) groups is 1. The van der Waals surface area contributed by atoms with Gasteiger partial charge in [-0.3, -0.25) is 4.79 Å². The summed E-state index contributed by atoms with van der Waals surface area (Å²) >= 11 is 0. The van der Waals surface area contributed by atoms with Crippen LogP contribution in [0.3, 0.4) is 0 Å². The lowest BCUT2D eigenvalue weighted by Crippen LogP contribution is -2.43. The average molecular weight is 289 g/mol. The highest BCUT2D eigenvalue weighted by Gasteiger charge is 2.37. The zero-order valence-electron chi connectivity index (χ0n) is 11.5. The molecule has 2 heterocycles. The Labute approximate surface area is 114 Å². The van der Waals surface area contributed by atoms with Gasteiger partial charge in [-0.2, -0.15) is 0 Å². The number of rotatable bonds is 4. The smallest absolute Gasteiger partial charge is 0.309 e. The molecule has 1 atom stereocenters. The minimum atomic E-state index is -2.77. The predicted molar refractivity (Wildman–Crippen MR) is 72.8 cm³/mol. The predicted octanol–water partition coefficient (Wildman–Crippen LogP) is 0.998. The lowest BCUT2D eigenvalue weighted by molar-refractivity contribution is -0.150. The van der Waals surface area contributed by atoms with E-state index >= 15 is 0 Å². The standard InChI is InChI=1S/C13H23NO4S/c1-13(12(15)16)4-7-14(8-5-13)6-2-11-3-9-19(17,18)10-11/h11H,2-10H2,1H3,(H,15,16). The summed E-state index contributed by atoms with van der Waals surface area (Å²) < 4.78 is 22.7. The van der Waals surface area contributed by atoms with Crippen LogP contribution in [-0.4, -0.2) is 55.5 Å². The normalized spacial score (nSPS) is 30.3. The van der Waals surface area contributed by atoms with E-state index in [2.05, 4.69) is 4.90 Å². The maximum absolute atomic E-state index is 11.4. The van der Waals surface area contributed by atoms with Crippen molar-refractivity contribution in [3.05, 3.63) is 0 Å². The molecule has 0 saturated carbocycles. The average Bonchev–Trinajstić information content (AvgIpc) is 2.68. The number of carboxylic acid groups (broad SMARTS) is 1. The van der Waals surface area contributed by atoms with Gasteiger partial charge in [0.15, 0.2) is 9.84 Å². The van der Waals surface area contributed by atoms with Crippen LogP contribution in [0, 0.1) is 11.3 Å². The van der Waals surface area contributed by atoms with Crippen LogP contribution in [0.25, 0.3) is 0 Å². The molecule has 6 heteroatoms. The Bertz CT molecular complexity index is 438. The number of nitrogens with zero attached hydrogens (tertiary/aromatic N) is 1. The van der Waals surface area contributed by atoms with E-state index in [9.17, 15) is 13.2 Å². The fourth-order valence-electron chi connectivity index (χ4n) is 2.95. The maximum Gasteiger partial charge on any atom is 0.309 e. The fourth-order valence-corrected chi connectivity index (χ4v) is 4.86. The molecule has 0 spiro atoms. The van der Waals surface area contributed by atoms with E-state index in [0.29, 0.717) is 30.3 Å². The lowest BCUT2D eigenvalue weighted by atomic mass is 9.80. The summed E-state index contributed by atoms with van der Waals surface area (Å²) in [7, 11) is -2.77. The Morgan fingerprint density at radius 1 is 1.37 bits per heavy atom. The third-order valence-corrected chi connectivity index (χ3v) is 6.49. The summed E-state index contributed by atoms with van der Waals surface area (Å²) in [5, 5.41) is 9.16. The second-order valence-electron chi connectivity index (χ2n) is 6.27. The van der Waals surface area contributed by atoms with Gasteiger partial charge in [0, 0.05) is 0 Å². The fraction of sp³-hybridized carbons (Fsp3) is 0.923. The molecule has 2 saturated heterocycles. The first kappa shape index (κ1) is 14.8. The lowest BCUT2D eigenvalue weighted by Gasteiger charge is -2.36. The van der Waals surface area contributed by atoms with Crippen LogP contribution in [0.5, 0.6) is 0 Å². The molecule has 1 unspecified atom stereocenters. The molecule has 5 nitrogen and oxygen atoms in total. The zero-order chi connectivity index (χ0) is 14.1. The number of piperidine rings is 1. The van der Waals surface area contributed by atoms with Crippen molar-refractivity contribution in [3.63, 3.8) is 0 Å². The van der Waals surface area contributed by atoms with Crippen LogP contribution in [-0.2, 0) is 14.6 Å². The van der Waals surface area contributed by atoms with Crippen LogP contribution in [0.4, 0.5) is 0 Å². The summed E-state index contributed by atoms with van der Waals surface area (Å²) in [6.45, 7) is 4.33. The van der Waals surface area contributed by atoms with Gasteiger partial charge in [0.05, 0.1) is 16.9 Å². The van der Waals surface area contributed by atoms with Gasteiger partial charge < -0.3 is 10.0 Å². The molecule has 1 N–H and O–H groups in total. The second-order valence-corrected chi connectivity index (χ2v) is 8.49. The molecule has 0 bridgehead atoms. The summed E-state index contributed by atoms with van der Waals surface area (Å²) in [5.74, 6) is 0.287. The number of likely N-dealkylation sites (tertiary alicyclic amines) is 1. The molecule has 0 aromatic carbocycles. The van der Waals surface area contributed by atoms with Crippen LogP contribution in [0.15, 0.2) is 0 Å². The van der Waals surface area contributed by atoms with Gasteiger partial charge in [0.1, 0.15) is 0 Å². The van der Waals surface area contributed by atoms with Gasteiger partial charge in [-0.15, -0.1) is 0 Å². The molecule has 2 rings (SSSR count). The van der Waals surface area contributed by atoms with Crippen molar-refractivity contribution in [1.82, 2.24) is 4.90 Å². The molecule has 0 aromatic rings. The van der Waals surface area contributed by atoms with Crippen LogP contribution >= 0.6 is 0 Å². The number of hydrogen-bond donors (Lipinski definition) is 1. The summed E-state index contributed by atoms with van der Waals surface area (Å²) in [6.07, 6.45) is 3.09. The van der Waals surface area contributed by atoms with Gasteiger partial charge in [0.25, 0.3) is 0 Å². The SMILES string of the molecule is CC1(C(=O)O)CCN(CCC2CCS(=O)(=O)C2)CC1. The molecule has 0 radical (unpaired) electrons. The summed E-state index contributed by atoms with van der Waals surface area (Å²) in [6, 6.07) is 0. The van der Waals surface area contributed by atoms with E-state index in [0.717, 1.165) is 32.5 Å². The molecule has 19 heavy (non-hydrogen) atoms. The first-order valence-corrected chi connectivity index (χ1v) is 8.79. The van der Waals surface area contributed by atoms with Crippen molar-refractivity contribution < 1.29 is 18.3 Å². The van der Waals surface area contributed by atoms with Gasteiger partial charge in [0.2, 0.25) is 0 Å². The molecule has 0 aromatic heterocycles. The minimum Gasteiger partial charge on any atom is -0.481 e. The topological polar surface area (TPSA) is 74.7 Å². The molecule has 2 fully saturated rings. The molecule has 110 valence electrons. The highest BCUT2D eigenvalue weighted by atomic mass is 32.2. The zero-order valence-corrected chi connectivity index (χ0v) is 12.3. The number of sulfone groups is 1. The quantitative estimate of drug-likeness (QED) is 0.835. The van der Waals surface area contributed by atoms with Gasteiger partial charge in [-0.25, -0.2) is 8.42 Å². The van der Waals surface area contributed by atoms with Crippen molar-refractivity contribution in [3.8, 4) is 0 Å². The molecule has 2 aliphatic heterocycles. The summed E-state index contributed by atoms with van der Waals surface area (Å²) in [4.78, 5) is 13.4. The Hall–Kier alpha value is -0.620. The third-order valence-electron chi connectivity index (χ3n) is 4.66. The van der Waals surface area contributed by atoms with E-state index in [1.54, 1.807) is 0 Å². The van der Waals surface area contributed by atoms with E-state index in [1.165, 1.54) is 0 Å². The highest BCUT2D eigenvalue weighted by Crippen LogP contribution is 2.31.